The number of aryl methyl sites for hydroxylation is 1. The van der Waals surface area contributed by atoms with Gasteiger partial charge in [0, 0.05) is 12.2 Å². The van der Waals surface area contributed by atoms with Crippen molar-refractivity contribution in [2.24, 2.45) is 5.92 Å². The molecule has 1 N–H and O–H groups in total. The molecule has 0 bridgehead atoms. The second kappa shape index (κ2) is 10.6. The van der Waals surface area contributed by atoms with Gasteiger partial charge in [0.25, 0.3) is 0 Å². The third kappa shape index (κ3) is 8.05. The molecule has 1 aromatic rings. The molecule has 0 saturated heterocycles. The fourth-order valence-corrected chi connectivity index (χ4v) is 2.22. The van der Waals surface area contributed by atoms with E-state index in [1.165, 1.54) is 25.7 Å². The van der Waals surface area contributed by atoms with Gasteiger partial charge in [0.05, 0.1) is 12.3 Å². The van der Waals surface area contributed by atoms with Gasteiger partial charge in [-0.1, -0.05) is 46.5 Å². The Bertz CT molecular complexity index is 391. The minimum absolute atomic E-state index is 0.651. The van der Waals surface area contributed by atoms with Crippen molar-refractivity contribution in [3.8, 4) is 5.75 Å². The highest BCUT2D eigenvalue weighted by molar-refractivity contribution is 5.29. The third-order valence-corrected chi connectivity index (χ3v) is 3.42. The molecule has 0 aliphatic carbocycles. The van der Waals surface area contributed by atoms with Gasteiger partial charge in [-0.3, -0.25) is 4.98 Å². The van der Waals surface area contributed by atoms with Crippen molar-refractivity contribution in [3.63, 3.8) is 0 Å². The van der Waals surface area contributed by atoms with Gasteiger partial charge in [0.15, 0.2) is 0 Å². The number of ether oxygens (including phenoxy) is 1. The van der Waals surface area contributed by atoms with Crippen LogP contribution in [0.3, 0.4) is 0 Å². The van der Waals surface area contributed by atoms with Crippen LogP contribution in [0, 0.1) is 12.8 Å². The highest BCUT2D eigenvalue weighted by atomic mass is 16.5. The van der Waals surface area contributed by atoms with Gasteiger partial charge in [-0.2, -0.15) is 0 Å². The lowest BCUT2D eigenvalue weighted by molar-refractivity contribution is 0.299. The Hall–Kier alpha value is -1.09. The minimum atomic E-state index is 0.651. The molecule has 0 atom stereocenters. The lowest BCUT2D eigenvalue weighted by Gasteiger charge is -2.13. The Balaban J connectivity index is 2.40. The third-order valence-electron chi connectivity index (χ3n) is 3.42. The Morgan fingerprint density at radius 3 is 2.62 bits per heavy atom. The molecule has 3 nitrogen and oxygen atoms in total. The number of aromatic nitrogens is 1. The molecule has 0 unspecified atom stereocenters. The topological polar surface area (TPSA) is 34.1 Å². The van der Waals surface area contributed by atoms with Crippen LogP contribution in [0.5, 0.6) is 5.75 Å². The molecule has 0 aliphatic rings. The van der Waals surface area contributed by atoms with Crippen LogP contribution in [0.1, 0.15) is 64.3 Å². The Kier molecular flexibility index (Phi) is 9.07. The van der Waals surface area contributed by atoms with E-state index >= 15 is 0 Å². The van der Waals surface area contributed by atoms with E-state index in [0.717, 1.165) is 43.3 Å². The maximum Gasteiger partial charge on any atom is 0.142 e. The average molecular weight is 292 g/mol. The zero-order valence-electron chi connectivity index (χ0n) is 14.2. The van der Waals surface area contributed by atoms with Crippen molar-refractivity contribution in [1.29, 1.82) is 0 Å². The first kappa shape index (κ1) is 18.0. The first-order chi connectivity index (χ1) is 10.1. The highest BCUT2D eigenvalue weighted by Gasteiger charge is 2.06. The van der Waals surface area contributed by atoms with Crippen LogP contribution >= 0.6 is 0 Å². The summed E-state index contributed by atoms with van der Waals surface area (Å²) in [5, 5.41) is 3.44. The van der Waals surface area contributed by atoms with E-state index in [-0.39, 0.29) is 0 Å². The molecular formula is C18H32N2O. The number of unbranched alkanes of at least 4 members (excludes halogenated alkanes) is 4. The van der Waals surface area contributed by atoms with Gasteiger partial charge in [-0.25, -0.2) is 0 Å². The van der Waals surface area contributed by atoms with Gasteiger partial charge >= 0.3 is 0 Å². The maximum atomic E-state index is 5.93. The number of hydrogen-bond donors (Lipinski definition) is 1. The largest absolute Gasteiger partial charge is 0.492 e. The van der Waals surface area contributed by atoms with E-state index in [4.69, 9.17) is 4.74 Å². The molecule has 3 heteroatoms. The zero-order chi connectivity index (χ0) is 15.5. The second-order valence-electron chi connectivity index (χ2n) is 6.18. The van der Waals surface area contributed by atoms with E-state index in [1.54, 1.807) is 0 Å². The van der Waals surface area contributed by atoms with Crippen molar-refractivity contribution in [3.05, 3.63) is 23.5 Å². The van der Waals surface area contributed by atoms with Crippen LogP contribution < -0.4 is 10.1 Å². The number of rotatable bonds is 11. The first-order valence-corrected chi connectivity index (χ1v) is 8.43. The fourth-order valence-electron chi connectivity index (χ4n) is 2.22. The van der Waals surface area contributed by atoms with E-state index in [0.29, 0.717) is 5.92 Å². The van der Waals surface area contributed by atoms with Crippen LogP contribution in [0.2, 0.25) is 0 Å². The minimum Gasteiger partial charge on any atom is -0.492 e. The summed E-state index contributed by atoms with van der Waals surface area (Å²) in [5.41, 5.74) is 2.08. The van der Waals surface area contributed by atoms with Gasteiger partial charge in [-0.05, 0) is 37.9 Å². The molecule has 1 heterocycles. The number of pyridine rings is 1. The van der Waals surface area contributed by atoms with E-state index in [2.05, 4.69) is 37.1 Å². The van der Waals surface area contributed by atoms with Crippen molar-refractivity contribution in [1.82, 2.24) is 10.3 Å². The maximum absolute atomic E-state index is 5.93. The quantitative estimate of drug-likeness (QED) is 0.610. The smallest absolute Gasteiger partial charge is 0.142 e. The molecule has 0 amide bonds. The van der Waals surface area contributed by atoms with Crippen molar-refractivity contribution < 1.29 is 4.74 Å². The second-order valence-corrected chi connectivity index (χ2v) is 6.18. The van der Waals surface area contributed by atoms with Crippen LogP contribution in [-0.4, -0.2) is 18.1 Å². The number of nitrogens with one attached hydrogen (secondary N) is 1. The van der Waals surface area contributed by atoms with E-state index in [9.17, 15) is 0 Å². The van der Waals surface area contributed by atoms with Gasteiger partial charge in [-0.15, -0.1) is 0 Å². The Morgan fingerprint density at radius 1 is 1.14 bits per heavy atom. The molecule has 0 fully saturated rings. The molecule has 1 aromatic heterocycles. The van der Waals surface area contributed by atoms with Crippen molar-refractivity contribution in [2.45, 2.75) is 66.3 Å². The van der Waals surface area contributed by atoms with Crippen LogP contribution in [0.25, 0.3) is 0 Å². The zero-order valence-corrected chi connectivity index (χ0v) is 14.2. The molecule has 1 rings (SSSR count). The summed E-state index contributed by atoms with van der Waals surface area (Å²) in [6, 6.07) is 4.08. The first-order valence-electron chi connectivity index (χ1n) is 8.43. The number of hydrogen-bond acceptors (Lipinski definition) is 3. The number of nitrogens with zero attached hydrogens (tertiary/aromatic N) is 1. The SMILES string of the molecule is CCCCCCCOc1ccc(C)nc1CNCC(C)C. The molecule has 0 spiro atoms. The molecule has 21 heavy (non-hydrogen) atoms. The summed E-state index contributed by atoms with van der Waals surface area (Å²) in [6.45, 7) is 11.3. The molecule has 0 aromatic carbocycles. The van der Waals surface area contributed by atoms with Crippen LogP contribution in [0.15, 0.2) is 12.1 Å². The van der Waals surface area contributed by atoms with Crippen LogP contribution in [-0.2, 0) is 6.54 Å². The monoisotopic (exact) mass is 292 g/mol. The molecular weight excluding hydrogens is 260 g/mol. The summed E-state index contributed by atoms with van der Waals surface area (Å²) in [7, 11) is 0. The average Bonchev–Trinajstić information content (AvgIpc) is 2.44. The van der Waals surface area contributed by atoms with Crippen LogP contribution in [0.4, 0.5) is 0 Å². The summed E-state index contributed by atoms with van der Waals surface area (Å²) in [5.74, 6) is 1.59. The highest BCUT2D eigenvalue weighted by Crippen LogP contribution is 2.17. The molecule has 0 saturated carbocycles. The summed E-state index contributed by atoms with van der Waals surface area (Å²) in [4.78, 5) is 4.61. The van der Waals surface area contributed by atoms with E-state index in [1.807, 2.05) is 13.0 Å². The standard InChI is InChI=1S/C18H32N2O/c1-5-6-7-8-9-12-21-18-11-10-16(4)20-17(18)14-19-13-15(2)3/h10-11,15,19H,5-9,12-14H2,1-4H3. The summed E-state index contributed by atoms with van der Waals surface area (Å²) < 4.78 is 5.93. The summed E-state index contributed by atoms with van der Waals surface area (Å²) >= 11 is 0. The summed E-state index contributed by atoms with van der Waals surface area (Å²) in [6.07, 6.45) is 6.32. The van der Waals surface area contributed by atoms with E-state index < -0.39 is 0 Å². The van der Waals surface area contributed by atoms with Gasteiger partial charge in [0.1, 0.15) is 5.75 Å². The predicted octanol–water partition coefficient (Wildman–Crippen LogP) is 4.48. The van der Waals surface area contributed by atoms with Crippen molar-refractivity contribution >= 4 is 0 Å². The normalized spacial score (nSPS) is 11.1. The predicted molar refractivity (Wildman–Crippen MR) is 89.8 cm³/mol. The molecule has 0 radical (unpaired) electrons. The Labute approximate surface area is 130 Å². The molecule has 120 valence electrons. The van der Waals surface area contributed by atoms with Gasteiger partial charge in [0.2, 0.25) is 0 Å². The van der Waals surface area contributed by atoms with Crippen molar-refractivity contribution in [2.75, 3.05) is 13.2 Å². The lowest BCUT2D eigenvalue weighted by atomic mass is 10.2. The Morgan fingerprint density at radius 2 is 1.90 bits per heavy atom. The lowest BCUT2D eigenvalue weighted by Crippen LogP contribution is -2.20. The fraction of sp³-hybridized carbons (Fsp3) is 0.722. The molecule has 0 aliphatic heterocycles. The van der Waals surface area contributed by atoms with Gasteiger partial charge < -0.3 is 10.1 Å².